The molecule has 4 aromatic rings. The maximum atomic E-state index is 14.6. The van der Waals surface area contributed by atoms with Crippen molar-refractivity contribution in [3.05, 3.63) is 142 Å². The second-order valence-corrected chi connectivity index (χ2v) is 22.2. The van der Waals surface area contributed by atoms with Gasteiger partial charge >= 0.3 is 15.9 Å². The minimum Gasteiger partial charge on any atom is -0.387 e. The fraction of sp³-hybridized carbons (Fsp3) is 0.462. The van der Waals surface area contributed by atoms with Crippen LogP contribution < -0.4 is 23.6 Å². The summed E-state index contributed by atoms with van der Waals surface area (Å²) in [5.74, 6) is 2.12. The number of rotatable bonds is 14. The summed E-state index contributed by atoms with van der Waals surface area (Å²) < 4.78 is 4.56. The highest BCUT2D eigenvalue weighted by Crippen LogP contribution is 2.47. The fourth-order valence-electron chi connectivity index (χ4n) is 9.40. The molecule has 6 nitrogen and oxygen atoms in total. The molecule has 2 N–H and O–H groups in total. The van der Waals surface area contributed by atoms with Crippen molar-refractivity contribution in [3.63, 3.8) is 0 Å². The molecule has 2 aliphatic heterocycles. The van der Waals surface area contributed by atoms with Gasteiger partial charge < -0.3 is 23.5 Å². The molecule has 0 bridgehead atoms. The lowest BCUT2D eigenvalue weighted by Crippen LogP contribution is -2.78. The monoisotopic (exact) mass is 824 g/mol. The van der Waals surface area contributed by atoms with Crippen LogP contribution in [0.1, 0.15) is 203 Å². The topological polar surface area (TPSA) is 45.2 Å². The van der Waals surface area contributed by atoms with E-state index in [0.717, 1.165) is 11.4 Å². The Morgan fingerprint density at radius 2 is 0.583 bits per heavy atom. The van der Waals surface area contributed by atoms with E-state index in [-0.39, 0.29) is 47.3 Å². The molecule has 2 heterocycles. The summed E-state index contributed by atoms with van der Waals surface area (Å²) in [4.78, 5) is 23.7. The Hall–Kier alpha value is -4.24. The minimum atomic E-state index is -4.05. The van der Waals surface area contributed by atoms with E-state index in [1.165, 1.54) is 55.9 Å². The number of benzene rings is 4. The SMILES string of the molecule is CC(C)c1cccc(C(C)C)c1N1C=CN(c2c(C(C)C)cccc2C(C)C)B1N[Si]1(O)N(c2c(C(C)C)cccc2C(C)C)C=CN1c1c(C(C)C)cccc1C(C)C. The molecule has 0 saturated heterocycles. The van der Waals surface area contributed by atoms with Crippen LogP contribution in [-0.2, 0) is 0 Å². The first-order valence-corrected chi connectivity index (χ1v) is 24.7. The van der Waals surface area contributed by atoms with Gasteiger partial charge in [-0.3, -0.25) is 4.89 Å². The van der Waals surface area contributed by atoms with Crippen molar-refractivity contribution in [1.82, 2.24) is 4.89 Å². The predicted octanol–water partition coefficient (Wildman–Crippen LogP) is 14.0. The lowest BCUT2D eigenvalue weighted by molar-refractivity contribution is 0.523. The highest BCUT2D eigenvalue weighted by Gasteiger charge is 2.57. The zero-order chi connectivity index (χ0) is 44.0. The number of hydrogen-bond donors (Lipinski definition) is 2. The smallest absolute Gasteiger partial charge is 0.387 e. The molecular formula is C52H74BN5OSi. The van der Waals surface area contributed by atoms with Crippen LogP contribution >= 0.6 is 0 Å². The zero-order valence-corrected chi connectivity index (χ0v) is 40.7. The first kappa shape index (κ1) is 45.3. The lowest BCUT2D eigenvalue weighted by atomic mass is 9.82. The van der Waals surface area contributed by atoms with Crippen molar-refractivity contribution < 1.29 is 4.80 Å². The summed E-state index contributed by atoms with van der Waals surface area (Å²) in [7, 11) is -4.51. The first-order chi connectivity index (χ1) is 28.3. The maximum Gasteiger partial charge on any atom is 0.507 e. The number of hydrogen-bond acceptors (Lipinski definition) is 6. The van der Waals surface area contributed by atoms with Gasteiger partial charge in [0.1, 0.15) is 0 Å². The average molecular weight is 824 g/mol. The van der Waals surface area contributed by atoms with Crippen LogP contribution in [0.15, 0.2) is 97.6 Å². The van der Waals surface area contributed by atoms with Gasteiger partial charge in [-0.05, 0) is 91.9 Å². The van der Waals surface area contributed by atoms with Crippen LogP contribution in [0.4, 0.5) is 22.7 Å². The summed E-state index contributed by atoms with van der Waals surface area (Å²) in [5, 5.41) is 0. The summed E-state index contributed by atoms with van der Waals surface area (Å²) in [6.07, 6.45) is 8.88. The number of nitrogens with zero attached hydrogens (tertiary/aromatic N) is 4. The lowest BCUT2D eigenvalue weighted by Gasteiger charge is -2.45. The summed E-state index contributed by atoms with van der Waals surface area (Å²) in [5.41, 5.74) is 14.8. The first-order valence-electron chi connectivity index (χ1n) is 22.8. The molecule has 60 heavy (non-hydrogen) atoms. The molecule has 0 fully saturated rings. The van der Waals surface area contributed by atoms with Gasteiger partial charge in [0.15, 0.2) is 0 Å². The van der Waals surface area contributed by atoms with Crippen LogP contribution in [-0.4, -0.2) is 20.7 Å². The van der Waals surface area contributed by atoms with Gasteiger partial charge in [-0.2, -0.15) is 0 Å². The van der Waals surface area contributed by atoms with Crippen LogP contribution in [0.3, 0.4) is 0 Å². The maximum absolute atomic E-state index is 14.6. The van der Waals surface area contributed by atoms with E-state index in [0.29, 0.717) is 0 Å². The fourth-order valence-corrected chi connectivity index (χ4v) is 12.2. The van der Waals surface area contributed by atoms with Crippen molar-refractivity contribution in [2.75, 3.05) is 18.8 Å². The van der Waals surface area contributed by atoms with E-state index in [4.69, 9.17) is 0 Å². The Morgan fingerprint density at radius 1 is 0.367 bits per heavy atom. The molecule has 0 aromatic heterocycles. The van der Waals surface area contributed by atoms with Crippen molar-refractivity contribution in [2.24, 2.45) is 0 Å². The van der Waals surface area contributed by atoms with Crippen molar-refractivity contribution >= 4 is 38.7 Å². The molecule has 0 spiro atoms. The summed E-state index contributed by atoms with van der Waals surface area (Å²) >= 11 is 0. The number of nitrogens with one attached hydrogen (secondary N) is 1. The zero-order valence-electron chi connectivity index (χ0n) is 39.7. The van der Waals surface area contributed by atoms with Crippen LogP contribution in [0.5, 0.6) is 0 Å². The average Bonchev–Trinajstić information content (AvgIpc) is 3.75. The molecule has 4 aromatic carbocycles. The molecule has 2 aliphatic rings. The second-order valence-electron chi connectivity index (χ2n) is 19.7. The molecule has 320 valence electrons. The highest BCUT2D eigenvalue weighted by molar-refractivity contribution is 6.90. The van der Waals surface area contributed by atoms with E-state index in [1.54, 1.807) is 0 Å². The summed E-state index contributed by atoms with van der Waals surface area (Å²) in [6, 6.07) is 27.1. The number of anilines is 4. The Labute approximate surface area is 365 Å². The van der Waals surface area contributed by atoms with Crippen molar-refractivity contribution in [3.8, 4) is 0 Å². The van der Waals surface area contributed by atoms with Crippen molar-refractivity contribution in [1.29, 1.82) is 0 Å². The van der Waals surface area contributed by atoms with Gasteiger partial charge in [0, 0.05) is 47.5 Å². The molecule has 0 saturated carbocycles. The third-order valence-electron chi connectivity index (χ3n) is 12.6. The Morgan fingerprint density at radius 3 is 0.800 bits per heavy atom. The quantitative estimate of drug-likeness (QED) is 0.124. The Bertz CT molecular complexity index is 1950. The highest BCUT2D eigenvalue weighted by atomic mass is 28.4. The van der Waals surface area contributed by atoms with Gasteiger partial charge in [0.05, 0.1) is 0 Å². The molecular weight excluding hydrogens is 750 g/mol. The third kappa shape index (κ3) is 8.24. The van der Waals surface area contributed by atoms with Gasteiger partial charge in [0.2, 0.25) is 0 Å². The van der Waals surface area contributed by atoms with E-state index in [1.807, 2.05) is 0 Å². The largest absolute Gasteiger partial charge is 0.507 e. The van der Waals surface area contributed by atoms with E-state index >= 15 is 0 Å². The number of para-hydroxylation sites is 4. The van der Waals surface area contributed by atoms with Gasteiger partial charge in [0.25, 0.3) is 0 Å². The van der Waals surface area contributed by atoms with Crippen LogP contribution in [0, 0.1) is 0 Å². The molecule has 6 rings (SSSR count). The Kier molecular flexibility index (Phi) is 13.6. The molecule has 0 radical (unpaired) electrons. The van der Waals surface area contributed by atoms with Gasteiger partial charge in [-0.25, -0.2) is 0 Å². The Balaban J connectivity index is 1.72. The standard InChI is InChI=1S/C52H74BN5OSi/c1-33(2)41-21-17-22-42(34(3)4)49(41)55-29-30-56(50-43(35(5)6)23-18-24-44(50)36(7)8)53(55)54-60(59)57(51-45(37(9)10)25-19-26-46(51)38(11)12)31-32-58(60)52-47(39(13)14)27-20-28-48(52)40(15)16/h17-40,54,59H,1-16H3. The molecule has 0 aliphatic carbocycles. The summed E-state index contributed by atoms with van der Waals surface area (Å²) in [6.45, 7) is 36.6. The van der Waals surface area contributed by atoms with Gasteiger partial charge in [-0.15, -0.1) is 0 Å². The molecule has 0 atom stereocenters. The van der Waals surface area contributed by atoms with E-state index in [9.17, 15) is 4.80 Å². The molecule has 0 amide bonds. The third-order valence-corrected chi connectivity index (χ3v) is 15.4. The van der Waals surface area contributed by atoms with E-state index in [2.05, 4.69) is 232 Å². The second kappa shape index (κ2) is 18.0. The van der Waals surface area contributed by atoms with Gasteiger partial charge in [-0.1, -0.05) is 184 Å². The van der Waals surface area contributed by atoms with Crippen LogP contribution in [0.25, 0.3) is 0 Å². The molecule has 8 heteroatoms. The minimum absolute atomic E-state index is 0.243. The van der Waals surface area contributed by atoms with E-state index < -0.39 is 15.9 Å². The normalized spacial score (nSPS) is 15.5. The predicted molar refractivity (Wildman–Crippen MR) is 264 cm³/mol. The van der Waals surface area contributed by atoms with Crippen LogP contribution in [0.2, 0.25) is 0 Å². The van der Waals surface area contributed by atoms with Crippen molar-refractivity contribution in [2.45, 2.75) is 158 Å². The molecule has 0 unspecified atom stereocenters.